The van der Waals surface area contributed by atoms with Gasteiger partial charge in [-0.05, 0) is 36.1 Å². The standard InChI is InChI=1S/C23H21BrN2O4/c24-19-15-10-16-18(23(29)30-20(16)19)17(15)22(28)26-14-8-4-7-13(9-14)21(27)25-11-12-5-2-1-3-6-12/h1-9,15-20H,10-11H2,(H,25,27)(H,26,28)/t15-,16-,17-,18+,19+,20+/m1/s1. The lowest BCUT2D eigenvalue weighted by Gasteiger charge is -2.27. The molecule has 1 aliphatic heterocycles. The van der Waals surface area contributed by atoms with Gasteiger partial charge in [0.1, 0.15) is 6.10 Å². The van der Waals surface area contributed by atoms with Crippen LogP contribution < -0.4 is 10.6 Å². The summed E-state index contributed by atoms with van der Waals surface area (Å²) in [5.74, 6) is -1.20. The van der Waals surface area contributed by atoms with Gasteiger partial charge in [-0.2, -0.15) is 0 Å². The van der Waals surface area contributed by atoms with Gasteiger partial charge >= 0.3 is 5.97 Å². The van der Waals surface area contributed by atoms with Crippen LogP contribution in [0.15, 0.2) is 54.6 Å². The van der Waals surface area contributed by atoms with E-state index in [4.69, 9.17) is 4.74 Å². The summed E-state index contributed by atoms with van der Waals surface area (Å²) in [6.07, 6.45) is 0.727. The van der Waals surface area contributed by atoms with Crippen LogP contribution in [0.5, 0.6) is 0 Å². The Bertz CT molecular complexity index is 1010. The summed E-state index contributed by atoms with van der Waals surface area (Å²) in [4.78, 5) is 37.8. The fraction of sp³-hybridized carbons (Fsp3) is 0.348. The third kappa shape index (κ3) is 3.21. The second kappa shape index (κ2) is 7.54. The zero-order chi connectivity index (χ0) is 20.8. The summed E-state index contributed by atoms with van der Waals surface area (Å²) in [6.45, 7) is 0.430. The van der Waals surface area contributed by atoms with E-state index in [0.717, 1.165) is 12.0 Å². The first kappa shape index (κ1) is 19.3. The molecule has 2 aliphatic carbocycles. The fourth-order valence-corrected chi connectivity index (χ4v) is 6.22. The minimum atomic E-state index is -0.402. The second-order valence-corrected chi connectivity index (χ2v) is 9.26. The zero-order valence-corrected chi connectivity index (χ0v) is 17.7. The van der Waals surface area contributed by atoms with E-state index in [1.54, 1.807) is 24.3 Å². The number of nitrogens with one attached hydrogen (secondary N) is 2. The van der Waals surface area contributed by atoms with Crippen molar-refractivity contribution in [1.29, 1.82) is 0 Å². The third-order valence-corrected chi connectivity index (χ3v) is 7.71. The predicted molar refractivity (Wildman–Crippen MR) is 114 cm³/mol. The van der Waals surface area contributed by atoms with Gasteiger partial charge in [-0.3, -0.25) is 14.4 Å². The van der Waals surface area contributed by atoms with Crippen molar-refractivity contribution in [3.63, 3.8) is 0 Å². The van der Waals surface area contributed by atoms with Crippen LogP contribution in [0.3, 0.4) is 0 Å². The third-order valence-electron chi connectivity index (χ3n) is 6.51. The molecule has 2 saturated carbocycles. The number of amides is 2. The molecule has 2 amide bonds. The first-order valence-electron chi connectivity index (χ1n) is 10.1. The smallest absolute Gasteiger partial charge is 0.310 e. The molecule has 154 valence electrons. The van der Waals surface area contributed by atoms with Crippen molar-refractivity contribution in [2.24, 2.45) is 23.7 Å². The molecule has 2 bridgehead atoms. The summed E-state index contributed by atoms with van der Waals surface area (Å²) < 4.78 is 5.48. The van der Waals surface area contributed by atoms with E-state index >= 15 is 0 Å². The van der Waals surface area contributed by atoms with E-state index in [0.29, 0.717) is 17.8 Å². The Morgan fingerprint density at radius 3 is 2.67 bits per heavy atom. The summed E-state index contributed by atoms with van der Waals surface area (Å²) >= 11 is 3.63. The molecule has 0 aromatic heterocycles. The highest BCUT2D eigenvalue weighted by Gasteiger charge is 2.67. The summed E-state index contributed by atoms with van der Waals surface area (Å²) in [7, 11) is 0. The second-order valence-electron chi connectivity index (χ2n) is 8.20. The van der Waals surface area contributed by atoms with E-state index in [1.807, 2.05) is 30.3 Å². The van der Waals surface area contributed by atoms with Crippen LogP contribution in [0.2, 0.25) is 0 Å². The molecule has 1 heterocycles. The molecule has 30 heavy (non-hydrogen) atoms. The van der Waals surface area contributed by atoms with Crippen LogP contribution in [0, 0.1) is 23.7 Å². The molecule has 7 heteroatoms. The number of anilines is 1. The topological polar surface area (TPSA) is 84.5 Å². The van der Waals surface area contributed by atoms with Gasteiger partial charge < -0.3 is 15.4 Å². The number of hydrogen-bond donors (Lipinski definition) is 2. The van der Waals surface area contributed by atoms with E-state index < -0.39 is 5.92 Å². The SMILES string of the molecule is O=C(NCc1ccccc1)c1cccc(NC(=O)[C@@H]2[C@H]3C[C@H]4[C@H](OC(=O)[C@@H]42)[C@H]3Br)c1. The number of carbonyl (C=O) groups is 3. The summed E-state index contributed by atoms with van der Waals surface area (Å²) in [5, 5.41) is 5.80. The van der Waals surface area contributed by atoms with Crippen LogP contribution >= 0.6 is 15.9 Å². The number of halogens is 1. The number of benzene rings is 2. The van der Waals surface area contributed by atoms with Crippen molar-refractivity contribution in [2.75, 3.05) is 5.32 Å². The lowest BCUT2D eigenvalue weighted by molar-refractivity contribution is -0.145. The Morgan fingerprint density at radius 2 is 1.87 bits per heavy atom. The van der Waals surface area contributed by atoms with Crippen LogP contribution in [-0.4, -0.2) is 28.7 Å². The Hall–Kier alpha value is -2.67. The number of alkyl halides is 1. The normalized spacial score (nSPS) is 30.8. The molecule has 0 unspecified atom stereocenters. The van der Waals surface area contributed by atoms with Gasteiger partial charge in [-0.25, -0.2) is 0 Å². The van der Waals surface area contributed by atoms with Crippen molar-refractivity contribution in [2.45, 2.75) is 23.9 Å². The Morgan fingerprint density at radius 1 is 1.07 bits per heavy atom. The monoisotopic (exact) mass is 468 g/mol. The molecule has 0 radical (unpaired) electrons. The Balaban J connectivity index is 1.26. The van der Waals surface area contributed by atoms with Gasteiger partial charge in [0.25, 0.3) is 5.91 Å². The fourth-order valence-electron chi connectivity index (χ4n) is 5.17. The average Bonchev–Trinajstić information content (AvgIpc) is 3.37. The molecule has 5 rings (SSSR count). The first-order chi connectivity index (χ1) is 14.5. The number of ether oxygens (including phenoxy) is 1. The molecule has 0 spiro atoms. The number of carbonyl (C=O) groups excluding carboxylic acids is 3. The van der Waals surface area contributed by atoms with Crippen molar-refractivity contribution in [1.82, 2.24) is 5.32 Å². The molecule has 6 nitrogen and oxygen atoms in total. The van der Waals surface area contributed by atoms with Gasteiger partial charge in [-0.1, -0.05) is 52.3 Å². The molecular weight excluding hydrogens is 448 g/mol. The molecule has 3 fully saturated rings. The highest BCUT2D eigenvalue weighted by Crippen LogP contribution is 2.60. The van der Waals surface area contributed by atoms with Crippen LogP contribution in [0.4, 0.5) is 5.69 Å². The average molecular weight is 469 g/mol. The Labute approximate surface area is 182 Å². The zero-order valence-electron chi connectivity index (χ0n) is 16.1. The maximum Gasteiger partial charge on any atom is 0.310 e. The molecule has 1 saturated heterocycles. The number of fused-ring (bicyclic) bond motifs is 1. The van der Waals surface area contributed by atoms with Crippen molar-refractivity contribution >= 4 is 39.4 Å². The van der Waals surface area contributed by atoms with Crippen molar-refractivity contribution < 1.29 is 19.1 Å². The summed E-state index contributed by atoms with van der Waals surface area (Å²) in [6, 6.07) is 16.5. The minimum Gasteiger partial charge on any atom is -0.461 e. The molecule has 2 aromatic carbocycles. The van der Waals surface area contributed by atoms with E-state index in [1.165, 1.54) is 0 Å². The van der Waals surface area contributed by atoms with Gasteiger partial charge in [-0.15, -0.1) is 0 Å². The maximum atomic E-state index is 13.0. The Kier molecular flexibility index (Phi) is 4.85. The maximum absolute atomic E-state index is 13.0. The molecule has 2 aromatic rings. The lowest BCUT2D eigenvalue weighted by Crippen LogP contribution is -2.40. The first-order valence-corrected chi connectivity index (χ1v) is 11.0. The molecular formula is C23H21BrN2O4. The van der Waals surface area contributed by atoms with Crippen LogP contribution in [0.1, 0.15) is 22.3 Å². The largest absolute Gasteiger partial charge is 0.461 e. The van der Waals surface area contributed by atoms with Gasteiger partial charge in [0.2, 0.25) is 5.91 Å². The number of hydrogen-bond acceptors (Lipinski definition) is 4. The minimum absolute atomic E-state index is 0.0241. The molecule has 3 aliphatic rings. The number of esters is 1. The van der Waals surface area contributed by atoms with E-state index in [2.05, 4.69) is 26.6 Å². The van der Waals surface area contributed by atoms with Gasteiger partial charge in [0.15, 0.2) is 0 Å². The highest BCUT2D eigenvalue weighted by molar-refractivity contribution is 9.09. The quantitative estimate of drug-likeness (QED) is 0.521. The van der Waals surface area contributed by atoms with Crippen molar-refractivity contribution in [3.8, 4) is 0 Å². The lowest BCUT2D eigenvalue weighted by atomic mass is 9.79. The highest BCUT2D eigenvalue weighted by atomic mass is 79.9. The van der Waals surface area contributed by atoms with Gasteiger partial charge in [0, 0.05) is 23.7 Å². The van der Waals surface area contributed by atoms with E-state index in [-0.39, 0.29) is 46.5 Å². The predicted octanol–water partition coefficient (Wildman–Crippen LogP) is 3.13. The van der Waals surface area contributed by atoms with E-state index in [9.17, 15) is 14.4 Å². The van der Waals surface area contributed by atoms with Crippen LogP contribution in [-0.2, 0) is 20.9 Å². The molecule has 2 N–H and O–H groups in total. The summed E-state index contributed by atoms with van der Waals surface area (Å²) in [5.41, 5.74) is 2.03. The van der Waals surface area contributed by atoms with Crippen molar-refractivity contribution in [3.05, 3.63) is 65.7 Å². The number of rotatable bonds is 5. The van der Waals surface area contributed by atoms with Gasteiger partial charge in [0.05, 0.1) is 16.7 Å². The van der Waals surface area contributed by atoms with Crippen LogP contribution in [0.25, 0.3) is 0 Å². The molecule has 6 atom stereocenters.